The Balaban J connectivity index is 0.000000750. The summed E-state index contributed by atoms with van der Waals surface area (Å²) in [7, 11) is 2.12. The van der Waals surface area contributed by atoms with Crippen LogP contribution in [0.15, 0.2) is 0 Å². The fraction of sp³-hybridized carbons (Fsp3) is 1.00. The molecule has 0 unspecified atom stereocenters. The van der Waals surface area contributed by atoms with E-state index in [0.717, 1.165) is 23.2 Å². The molecule has 0 spiro atoms. The zero-order valence-electron chi connectivity index (χ0n) is 9.06. The second-order valence-corrected chi connectivity index (χ2v) is 5.95. The predicted octanol–water partition coefficient (Wildman–Crippen LogP) is -0.574. The third-order valence-electron chi connectivity index (χ3n) is 4.72. The summed E-state index contributed by atoms with van der Waals surface area (Å²) in [5.41, 5.74) is 0.740. The smallest absolute Gasteiger partial charge is 0.000511 e. The number of hydrogen-bond acceptors (Lipinski definition) is 1. The molecule has 4 aliphatic rings. The van der Waals surface area contributed by atoms with E-state index in [0.29, 0.717) is 0 Å². The SMILES string of the molecule is CNCC12CC3CC(CC(C3)C1)C2.[Cl-]. The maximum atomic E-state index is 3.42. The Hall–Kier alpha value is 0.250. The van der Waals surface area contributed by atoms with E-state index in [1.165, 1.54) is 6.54 Å². The lowest BCUT2D eigenvalue weighted by atomic mass is 9.49. The van der Waals surface area contributed by atoms with Crippen molar-refractivity contribution < 1.29 is 12.4 Å². The summed E-state index contributed by atoms with van der Waals surface area (Å²) >= 11 is 0. The van der Waals surface area contributed by atoms with Gasteiger partial charge in [0.25, 0.3) is 0 Å². The Labute approximate surface area is 93.4 Å². The minimum Gasteiger partial charge on any atom is -1.00 e. The first-order valence-corrected chi connectivity index (χ1v) is 5.94. The Morgan fingerprint density at radius 3 is 1.79 bits per heavy atom. The third-order valence-corrected chi connectivity index (χ3v) is 4.72. The summed E-state index contributed by atoms with van der Waals surface area (Å²) < 4.78 is 0. The van der Waals surface area contributed by atoms with E-state index in [1.807, 2.05) is 0 Å². The van der Waals surface area contributed by atoms with Crippen LogP contribution in [-0.4, -0.2) is 13.6 Å². The van der Waals surface area contributed by atoms with Crippen molar-refractivity contribution in [3.05, 3.63) is 0 Å². The molecule has 0 aromatic rings. The van der Waals surface area contributed by atoms with Gasteiger partial charge in [0, 0.05) is 6.54 Å². The van der Waals surface area contributed by atoms with Gasteiger partial charge in [0.05, 0.1) is 0 Å². The Morgan fingerprint density at radius 2 is 1.43 bits per heavy atom. The van der Waals surface area contributed by atoms with E-state index < -0.39 is 0 Å². The van der Waals surface area contributed by atoms with Crippen LogP contribution in [0.2, 0.25) is 0 Å². The van der Waals surface area contributed by atoms with Gasteiger partial charge in [0.1, 0.15) is 0 Å². The van der Waals surface area contributed by atoms with Gasteiger partial charge < -0.3 is 17.7 Å². The molecule has 0 atom stereocenters. The molecule has 82 valence electrons. The zero-order chi connectivity index (χ0) is 8.89. The van der Waals surface area contributed by atoms with E-state index in [-0.39, 0.29) is 12.4 Å². The molecular weight excluding hydrogens is 194 g/mol. The lowest BCUT2D eigenvalue weighted by Gasteiger charge is -2.57. The standard InChI is InChI=1S/C12H21N.ClH/c1-13-8-12-5-9-2-10(6-12)4-11(3-9)7-12;/h9-11,13H,2-8H2,1H3;1H/p-1. The van der Waals surface area contributed by atoms with E-state index in [9.17, 15) is 0 Å². The average Bonchev–Trinajstić information content (AvgIpc) is 2.00. The molecule has 0 amide bonds. The van der Waals surface area contributed by atoms with Crippen molar-refractivity contribution in [3.8, 4) is 0 Å². The molecule has 0 saturated heterocycles. The van der Waals surface area contributed by atoms with Crippen LogP contribution in [0.25, 0.3) is 0 Å². The Kier molecular flexibility index (Phi) is 2.83. The van der Waals surface area contributed by atoms with Crippen LogP contribution < -0.4 is 17.7 Å². The van der Waals surface area contributed by atoms with Crippen LogP contribution >= 0.6 is 0 Å². The minimum atomic E-state index is 0. The lowest BCUT2D eigenvalue weighted by molar-refractivity contribution is -0.0503. The number of halogens is 1. The number of nitrogens with one attached hydrogen (secondary N) is 1. The third kappa shape index (κ3) is 1.59. The van der Waals surface area contributed by atoms with Gasteiger partial charge >= 0.3 is 0 Å². The van der Waals surface area contributed by atoms with E-state index in [2.05, 4.69) is 12.4 Å². The first-order chi connectivity index (χ1) is 6.30. The summed E-state index contributed by atoms with van der Waals surface area (Å²) in [5.74, 6) is 3.33. The van der Waals surface area contributed by atoms with E-state index in [1.54, 1.807) is 38.5 Å². The van der Waals surface area contributed by atoms with Crippen molar-refractivity contribution >= 4 is 0 Å². The molecule has 14 heavy (non-hydrogen) atoms. The molecule has 4 aliphatic carbocycles. The first kappa shape index (κ1) is 10.8. The molecule has 0 aromatic carbocycles. The predicted molar refractivity (Wildman–Crippen MR) is 54.5 cm³/mol. The molecule has 0 aromatic heterocycles. The highest BCUT2D eigenvalue weighted by Gasteiger charge is 2.50. The first-order valence-electron chi connectivity index (χ1n) is 5.94. The second kappa shape index (κ2) is 3.68. The summed E-state index contributed by atoms with van der Waals surface area (Å²) in [6.45, 7) is 1.29. The number of rotatable bonds is 2. The number of hydrogen-bond donors (Lipinski definition) is 1. The lowest BCUT2D eigenvalue weighted by Crippen LogP contribution is -3.00. The molecule has 0 heterocycles. The quantitative estimate of drug-likeness (QED) is 0.649. The highest BCUT2D eigenvalue weighted by Crippen LogP contribution is 2.59. The van der Waals surface area contributed by atoms with Crippen LogP contribution in [0.3, 0.4) is 0 Å². The van der Waals surface area contributed by atoms with Gasteiger partial charge in [0.2, 0.25) is 0 Å². The molecule has 0 aliphatic heterocycles. The van der Waals surface area contributed by atoms with Gasteiger partial charge in [-0.15, -0.1) is 0 Å². The van der Waals surface area contributed by atoms with Crippen molar-refractivity contribution in [3.63, 3.8) is 0 Å². The molecule has 1 N–H and O–H groups in total. The Morgan fingerprint density at radius 1 is 1.00 bits per heavy atom. The molecule has 4 saturated carbocycles. The van der Waals surface area contributed by atoms with Gasteiger partial charge in [-0.3, -0.25) is 0 Å². The van der Waals surface area contributed by atoms with Crippen molar-refractivity contribution in [2.24, 2.45) is 23.2 Å². The highest BCUT2D eigenvalue weighted by molar-refractivity contribution is 5.01. The van der Waals surface area contributed by atoms with Gasteiger partial charge in [-0.2, -0.15) is 0 Å². The fourth-order valence-electron chi connectivity index (χ4n) is 4.88. The molecule has 2 heteroatoms. The van der Waals surface area contributed by atoms with Crippen LogP contribution in [0, 0.1) is 23.2 Å². The van der Waals surface area contributed by atoms with Gasteiger partial charge in [-0.05, 0) is 68.7 Å². The summed E-state index contributed by atoms with van der Waals surface area (Å²) in [6, 6.07) is 0. The molecule has 4 fully saturated rings. The Bertz CT molecular complexity index is 179. The van der Waals surface area contributed by atoms with Crippen molar-refractivity contribution in [2.45, 2.75) is 38.5 Å². The monoisotopic (exact) mass is 214 g/mol. The molecule has 0 radical (unpaired) electrons. The van der Waals surface area contributed by atoms with Crippen LogP contribution in [0.1, 0.15) is 38.5 Å². The normalized spacial score (nSPS) is 49.1. The van der Waals surface area contributed by atoms with Gasteiger partial charge in [-0.1, -0.05) is 0 Å². The molecular formula is C12H21ClN-. The summed E-state index contributed by atoms with van der Waals surface area (Å²) in [6.07, 6.45) is 9.34. The maximum Gasteiger partial charge on any atom is 0.000511 e. The average molecular weight is 215 g/mol. The van der Waals surface area contributed by atoms with Crippen LogP contribution in [0.5, 0.6) is 0 Å². The van der Waals surface area contributed by atoms with Gasteiger partial charge in [0.15, 0.2) is 0 Å². The highest BCUT2D eigenvalue weighted by atomic mass is 35.5. The molecule has 1 nitrogen and oxygen atoms in total. The molecule has 4 rings (SSSR count). The van der Waals surface area contributed by atoms with Crippen LogP contribution in [-0.2, 0) is 0 Å². The van der Waals surface area contributed by atoms with E-state index >= 15 is 0 Å². The topological polar surface area (TPSA) is 12.0 Å². The maximum absolute atomic E-state index is 3.42. The van der Waals surface area contributed by atoms with Gasteiger partial charge in [-0.25, -0.2) is 0 Å². The second-order valence-electron chi connectivity index (χ2n) is 5.95. The summed E-state index contributed by atoms with van der Waals surface area (Å²) in [5, 5.41) is 3.42. The van der Waals surface area contributed by atoms with Crippen molar-refractivity contribution in [1.82, 2.24) is 5.32 Å². The zero-order valence-corrected chi connectivity index (χ0v) is 9.82. The largest absolute Gasteiger partial charge is 1.00 e. The van der Waals surface area contributed by atoms with E-state index in [4.69, 9.17) is 0 Å². The van der Waals surface area contributed by atoms with Crippen LogP contribution in [0.4, 0.5) is 0 Å². The summed E-state index contributed by atoms with van der Waals surface area (Å²) in [4.78, 5) is 0. The fourth-order valence-corrected chi connectivity index (χ4v) is 4.88. The molecule has 4 bridgehead atoms. The van der Waals surface area contributed by atoms with Crippen molar-refractivity contribution in [1.29, 1.82) is 0 Å². The minimum absolute atomic E-state index is 0. The van der Waals surface area contributed by atoms with Crippen molar-refractivity contribution in [2.75, 3.05) is 13.6 Å².